The first kappa shape index (κ1) is 21.6. The number of carbonyl (C=O) groups is 2. The number of nitrogens with one attached hydrogen (secondary N) is 2. The van der Waals surface area contributed by atoms with E-state index in [1.54, 1.807) is 43.5 Å². The average Bonchev–Trinajstić information content (AvgIpc) is 2.75. The van der Waals surface area contributed by atoms with Crippen molar-refractivity contribution >= 4 is 23.3 Å². The highest BCUT2D eigenvalue weighted by Crippen LogP contribution is 2.26. The van der Waals surface area contributed by atoms with Crippen LogP contribution < -0.4 is 15.4 Å². The summed E-state index contributed by atoms with van der Waals surface area (Å²) in [4.78, 5) is 31.1. The Morgan fingerprint density at radius 1 is 1.10 bits per heavy atom. The van der Waals surface area contributed by atoms with Gasteiger partial charge in [-0.25, -0.2) is 4.98 Å². The summed E-state index contributed by atoms with van der Waals surface area (Å²) in [7, 11) is 0. The van der Waals surface area contributed by atoms with Crippen LogP contribution in [0.4, 0.5) is 20.3 Å². The largest absolute Gasteiger partial charge is 0.433 e. The summed E-state index contributed by atoms with van der Waals surface area (Å²) in [5.41, 5.74) is 0.194. The molecule has 2 heterocycles. The fraction of sp³-hybridized carbons (Fsp3) is 0.381. The third-order valence-electron chi connectivity index (χ3n) is 5.10. The van der Waals surface area contributed by atoms with E-state index in [9.17, 15) is 18.4 Å². The van der Waals surface area contributed by atoms with Gasteiger partial charge in [0.05, 0.1) is 11.7 Å². The third kappa shape index (κ3) is 5.73. The lowest BCUT2D eigenvalue weighted by Crippen LogP contribution is -2.47. The average molecular weight is 418 g/mol. The monoisotopic (exact) mass is 418 g/mol. The molecule has 0 bridgehead atoms. The predicted molar refractivity (Wildman–Crippen MR) is 108 cm³/mol. The zero-order chi connectivity index (χ0) is 21.5. The van der Waals surface area contributed by atoms with Crippen molar-refractivity contribution in [1.82, 2.24) is 9.88 Å². The Labute approximate surface area is 173 Å². The van der Waals surface area contributed by atoms with Crippen LogP contribution in [0.25, 0.3) is 0 Å². The summed E-state index contributed by atoms with van der Waals surface area (Å²) in [6.45, 7) is -0.0781. The van der Waals surface area contributed by atoms with Crippen molar-refractivity contribution in [3.63, 3.8) is 0 Å². The number of halogens is 2. The van der Waals surface area contributed by atoms with Gasteiger partial charge in [0, 0.05) is 12.1 Å². The molecule has 0 saturated carbocycles. The second kappa shape index (κ2) is 10.1. The Morgan fingerprint density at radius 2 is 1.80 bits per heavy atom. The molecule has 2 N–H and O–H groups in total. The zero-order valence-electron chi connectivity index (χ0n) is 16.6. The van der Waals surface area contributed by atoms with Crippen LogP contribution in [0.3, 0.4) is 0 Å². The number of hydrogen-bond acceptors (Lipinski definition) is 5. The number of para-hydroxylation sites is 2. The van der Waals surface area contributed by atoms with E-state index in [-0.39, 0.29) is 29.2 Å². The standard InChI is InChI=1S/C21H24F2N4O3/c1-14(19(28)25-16-6-2-3-7-17(16)30-21(22)23)27-12-9-15(10-13-27)20(29)26-18-8-4-5-11-24-18/h2-8,11,14-15,21H,9-10,12-13H2,1H3,(H,25,28)(H,24,26,29). The smallest absolute Gasteiger partial charge is 0.387 e. The maximum atomic E-state index is 12.6. The summed E-state index contributed by atoms with van der Waals surface area (Å²) >= 11 is 0. The number of benzene rings is 1. The minimum Gasteiger partial charge on any atom is -0.433 e. The van der Waals surface area contributed by atoms with Gasteiger partial charge in [-0.05, 0) is 57.1 Å². The molecule has 2 amide bonds. The number of ether oxygens (including phenoxy) is 1. The van der Waals surface area contributed by atoms with Gasteiger partial charge in [0.25, 0.3) is 0 Å². The molecule has 1 atom stereocenters. The molecular weight excluding hydrogens is 394 g/mol. The molecule has 0 aliphatic carbocycles. The van der Waals surface area contributed by atoms with Gasteiger partial charge in [0.15, 0.2) is 0 Å². The van der Waals surface area contributed by atoms with E-state index >= 15 is 0 Å². The van der Waals surface area contributed by atoms with Crippen molar-refractivity contribution < 1.29 is 23.1 Å². The van der Waals surface area contributed by atoms with Gasteiger partial charge >= 0.3 is 6.61 Å². The predicted octanol–water partition coefficient (Wildman–Crippen LogP) is 3.36. The quantitative estimate of drug-likeness (QED) is 0.721. The fourth-order valence-corrected chi connectivity index (χ4v) is 3.39. The van der Waals surface area contributed by atoms with Gasteiger partial charge in [0.1, 0.15) is 11.6 Å². The lowest BCUT2D eigenvalue weighted by atomic mass is 9.95. The highest BCUT2D eigenvalue weighted by molar-refractivity contribution is 5.96. The van der Waals surface area contributed by atoms with E-state index in [2.05, 4.69) is 20.4 Å². The minimum absolute atomic E-state index is 0.0801. The first-order valence-corrected chi connectivity index (χ1v) is 9.74. The van der Waals surface area contributed by atoms with Gasteiger partial charge in [-0.3, -0.25) is 14.5 Å². The SMILES string of the molecule is CC(C(=O)Nc1ccccc1OC(F)F)N1CCC(C(=O)Nc2ccccn2)CC1. The molecule has 2 aromatic rings. The molecule has 3 rings (SSSR count). The number of likely N-dealkylation sites (tertiary alicyclic amines) is 1. The highest BCUT2D eigenvalue weighted by Gasteiger charge is 2.30. The Morgan fingerprint density at radius 3 is 2.47 bits per heavy atom. The number of amides is 2. The fourth-order valence-electron chi connectivity index (χ4n) is 3.39. The van der Waals surface area contributed by atoms with Gasteiger partial charge < -0.3 is 15.4 Å². The molecule has 9 heteroatoms. The number of pyridine rings is 1. The van der Waals surface area contributed by atoms with Crippen molar-refractivity contribution in [1.29, 1.82) is 0 Å². The number of aromatic nitrogens is 1. The number of hydrogen-bond donors (Lipinski definition) is 2. The normalized spacial score (nSPS) is 16.1. The maximum Gasteiger partial charge on any atom is 0.387 e. The summed E-state index contributed by atoms with van der Waals surface area (Å²) < 4.78 is 29.5. The van der Waals surface area contributed by atoms with Crippen LogP contribution in [0.5, 0.6) is 5.75 Å². The van der Waals surface area contributed by atoms with Crippen LogP contribution in [0.2, 0.25) is 0 Å². The molecule has 1 aromatic carbocycles. The molecule has 1 aliphatic rings. The maximum absolute atomic E-state index is 12.6. The van der Waals surface area contributed by atoms with Crippen LogP contribution in [0.1, 0.15) is 19.8 Å². The zero-order valence-corrected chi connectivity index (χ0v) is 16.6. The molecule has 7 nitrogen and oxygen atoms in total. The second-order valence-electron chi connectivity index (χ2n) is 7.05. The number of alkyl halides is 2. The number of piperidine rings is 1. The molecular formula is C21H24F2N4O3. The molecule has 1 saturated heterocycles. The number of rotatable bonds is 7. The van der Waals surface area contributed by atoms with Crippen LogP contribution in [-0.4, -0.2) is 47.4 Å². The van der Waals surface area contributed by atoms with E-state index in [0.29, 0.717) is 31.7 Å². The molecule has 1 fully saturated rings. The summed E-state index contributed by atoms with van der Waals surface area (Å²) in [6, 6.07) is 10.9. The Kier molecular flexibility index (Phi) is 7.29. The van der Waals surface area contributed by atoms with Crippen molar-refractivity contribution in [3.05, 3.63) is 48.7 Å². The van der Waals surface area contributed by atoms with E-state index < -0.39 is 12.7 Å². The van der Waals surface area contributed by atoms with E-state index in [1.807, 2.05) is 4.90 Å². The van der Waals surface area contributed by atoms with Crippen molar-refractivity contribution in [2.75, 3.05) is 23.7 Å². The van der Waals surface area contributed by atoms with E-state index in [1.165, 1.54) is 12.1 Å². The molecule has 1 aliphatic heterocycles. The summed E-state index contributed by atoms with van der Waals surface area (Å²) in [5.74, 6) is -0.126. The topological polar surface area (TPSA) is 83.6 Å². The number of anilines is 2. The molecule has 0 radical (unpaired) electrons. The Balaban J connectivity index is 1.52. The summed E-state index contributed by atoms with van der Waals surface area (Å²) in [5, 5.41) is 5.46. The van der Waals surface area contributed by atoms with Crippen molar-refractivity contribution in [2.24, 2.45) is 5.92 Å². The van der Waals surface area contributed by atoms with Gasteiger partial charge in [-0.15, -0.1) is 0 Å². The third-order valence-corrected chi connectivity index (χ3v) is 5.10. The minimum atomic E-state index is -2.98. The molecule has 0 spiro atoms. The van der Waals surface area contributed by atoms with Gasteiger partial charge in [0.2, 0.25) is 11.8 Å². The molecule has 1 aromatic heterocycles. The molecule has 160 valence electrons. The van der Waals surface area contributed by atoms with E-state index in [4.69, 9.17) is 0 Å². The Bertz CT molecular complexity index is 858. The van der Waals surface area contributed by atoms with Gasteiger partial charge in [-0.1, -0.05) is 18.2 Å². The summed E-state index contributed by atoms with van der Waals surface area (Å²) in [6.07, 6.45) is 2.84. The number of carbonyl (C=O) groups excluding carboxylic acids is 2. The molecule has 1 unspecified atom stereocenters. The second-order valence-corrected chi connectivity index (χ2v) is 7.05. The Hall–Kier alpha value is -3.07. The lowest BCUT2D eigenvalue weighted by Gasteiger charge is -2.34. The van der Waals surface area contributed by atoms with Gasteiger partial charge in [-0.2, -0.15) is 8.78 Å². The first-order valence-electron chi connectivity index (χ1n) is 9.74. The van der Waals surface area contributed by atoms with Crippen LogP contribution >= 0.6 is 0 Å². The van der Waals surface area contributed by atoms with Crippen LogP contribution in [-0.2, 0) is 9.59 Å². The van der Waals surface area contributed by atoms with Crippen molar-refractivity contribution in [2.45, 2.75) is 32.4 Å². The number of nitrogens with zero attached hydrogens (tertiary/aromatic N) is 2. The first-order chi connectivity index (χ1) is 14.4. The highest BCUT2D eigenvalue weighted by atomic mass is 19.3. The van der Waals surface area contributed by atoms with Crippen LogP contribution in [0, 0.1) is 5.92 Å². The van der Waals surface area contributed by atoms with Crippen LogP contribution in [0.15, 0.2) is 48.7 Å². The van der Waals surface area contributed by atoms with Crippen molar-refractivity contribution in [3.8, 4) is 5.75 Å². The molecule has 30 heavy (non-hydrogen) atoms. The van der Waals surface area contributed by atoms with E-state index in [0.717, 1.165) is 0 Å². The lowest BCUT2D eigenvalue weighted by molar-refractivity contribution is -0.123.